The van der Waals surface area contributed by atoms with Crippen molar-refractivity contribution in [3.63, 3.8) is 0 Å². The largest absolute Gasteiger partial charge is 0.494 e. The predicted molar refractivity (Wildman–Crippen MR) is 159 cm³/mol. The van der Waals surface area contributed by atoms with Crippen LogP contribution in [-0.4, -0.2) is 11.6 Å². The van der Waals surface area contributed by atoms with E-state index in [4.69, 9.17) is 9.72 Å². The highest BCUT2D eigenvalue weighted by atomic mass is 16.5. The van der Waals surface area contributed by atoms with Crippen molar-refractivity contribution >= 4 is 0 Å². The summed E-state index contributed by atoms with van der Waals surface area (Å²) < 4.78 is 5.95. The van der Waals surface area contributed by atoms with E-state index in [0.29, 0.717) is 0 Å². The maximum absolute atomic E-state index is 5.95. The number of benzene rings is 2. The molecule has 2 heteroatoms. The Morgan fingerprint density at radius 1 is 0.514 bits per heavy atom. The number of rotatable bonds is 19. The zero-order valence-electron chi connectivity index (χ0n) is 23.5. The molecule has 2 aromatic carbocycles. The molecule has 1 aromatic heterocycles. The second-order valence-corrected chi connectivity index (χ2v) is 10.5. The molecule has 0 unspecified atom stereocenters. The van der Waals surface area contributed by atoms with Gasteiger partial charge >= 0.3 is 0 Å². The highest BCUT2D eigenvalue weighted by molar-refractivity contribution is 5.64. The van der Waals surface area contributed by atoms with E-state index < -0.39 is 0 Å². The minimum atomic E-state index is 0.818. The van der Waals surface area contributed by atoms with Crippen LogP contribution in [0.2, 0.25) is 0 Å². The van der Waals surface area contributed by atoms with Gasteiger partial charge in [0.05, 0.1) is 6.61 Å². The van der Waals surface area contributed by atoms with Crippen molar-refractivity contribution in [1.82, 2.24) is 4.98 Å². The molecule has 0 spiro atoms. The van der Waals surface area contributed by atoms with Crippen molar-refractivity contribution in [3.05, 3.63) is 83.7 Å². The highest BCUT2D eigenvalue weighted by Gasteiger charge is 2.03. The summed E-state index contributed by atoms with van der Waals surface area (Å²) in [6, 6.07) is 22.0. The first-order chi connectivity index (χ1) is 18.3. The molecule has 0 aliphatic heterocycles. The van der Waals surface area contributed by atoms with Gasteiger partial charge in [0.15, 0.2) is 0 Å². The molecule has 1 heterocycles. The maximum Gasteiger partial charge on any atom is 0.119 e. The SMILES string of the molecule is CCCCCCCCCOc1ccc(-c2ccc(CCc3ccc(CCCCCCC)cn3)cc2)cc1. The third kappa shape index (κ3) is 11.5. The number of hydrogen-bond acceptors (Lipinski definition) is 2. The molecule has 0 radical (unpaired) electrons. The van der Waals surface area contributed by atoms with Crippen molar-refractivity contribution in [2.45, 2.75) is 110 Å². The van der Waals surface area contributed by atoms with Crippen molar-refractivity contribution in [2.75, 3.05) is 6.61 Å². The van der Waals surface area contributed by atoms with Gasteiger partial charge in [0.25, 0.3) is 0 Å². The van der Waals surface area contributed by atoms with Gasteiger partial charge in [0, 0.05) is 11.9 Å². The van der Waals surface area contributed by atoms with Crippen LogP contribution >= 0.6 is 0 Å². The number of aromatic nitrogens is 1. The molecule has 0 fully saturated rings. The maximum atomic E-state index is 5.95. The second kappa shape index (κ2) is 17.8. The van der Waals surface area contributed by atoms with Crippen molar-refractivity contribution < 1.29 is 4.74 Å². The third-order valence-electron chi connectivity index (χ3n) is 7.28. The lowest BCUT2D eigenvalue weighted by Crippen LogP contribution is -1.97. The predicted octanol–water partition coefficient (Wildman–Crippen LogP) is 10.2. The summed E-state index contributed by atoms with van der Waals surface area (Å²) in [6.45, 7) is 5.35. The van der Waals surface area contributed by atoms with Crippen LogP contribution in [-0.2, 0) is 19.3 Å². The molecule has 37 heavy (non-hydrogen) atoms. The summed E-state index contributed by atoms with van der Waals surface area (Å²) in [5.74, 6) is 0.973. The Bertz CT molecular complexity index is 960. The van der Waals surface area contributed by atoms with Gasteiger partial charge in [-0.25, -0.2) is 0 Å². The lowest BCUT2D eigenvalue weighted by molar-refractivity contribution is 0.304. The molecule has 0 saturated heterocycles. The lowest BCUT2D eigenvalue weighted by atomic mass is 10.0. The average Bonchev–Trinajstić information content (AvgIpc) is 2.94. The second-order valence-electron chi connectivity index (χ2n) is 10.5. The topological polar surface area (TPSA) is 22.1 Å². The third-order valence-corrected chi connectivity index (χ3v) is 7.28. The molecular formula is C35H49NO. The monoisotopic (exact) mass is 499 g/mol. The molecule has 0 N–H and O–H groups in total. The summed E-state index contributed by atoms with van der Waals surface area (Å²) in [4.78, 5) is 4.72. The normalized spacial score (nSPS) is 11.1. The Balaban J connectivity index is 1.35. The molecule has 0 saturated carbocycles. The first kappa shape index (κ1) is 29.0. The molecule has 200 valence electrons. The molecule has 3 aromatic rings. The quantitative estimate of drug-likeness (QED) is 0.153. The number of aryl methyl sites for hydroxylation is 3. The number of nitrogens with zero attached hydrogens (tertiary/aromatic N) is 1. The summed E-state index contributed by atoms with van der Waals surface area (Å²) >= 11 is 0. The smallest absolute Gasteiger partial charge is 0.119 e. The Morgan fingerprint density at radius 2 is 1.08 bits per heavy atom. The zero-order chi connectivity index (χ0) is 26.0. The van der Waals surface area contributed by atoms with Crippen LogP contribution in [0.4, 0.5) is 0 Å². The van der Waals surface area contributed by atoms with Crippen LogP contribution in [0.25, 0.3) is 11.1 Å². The number of ether oxygens (including phenoxy) is 1. The van der Waals surface area contributed by atoms with Crippen LogP contribution < -0.4 is 4.74 Å². The van der Waals surface area contributed by atoms with Gasteiger partial charge in [-0.05, 0) is 72.6 Å². The van der Waals surface area contributed by atoms with Gasteiger partial charge in [-0.3, -0.25) is 4.98 Å². The highest BCUT2D eigenvalue weighted by Crippen LogP contribution is 2.23. The molecule has 3 rings (SSSR count). The average molecular weight is 500 g/mol. The van der Waals surface area contributed by atoms with Crippen molar-refractivity contribution in [3.8, 4) is 16.9 Å². The Hall–Kier alpha value is -2.61. The summed E-state index contributed by atoms with van der Waals surface area (Å²) in [5.41, 5.74) is 6.41. The number of pyridine rings is 1. The number of hydrogen-bond donors (Lipinski definition) is 0. The molecular weight excluding hydrogens is 450 g/mol. The summed E-state index contributed by atoms with van der Waals surface area (Å²) in [5, 5.41) is 0. The van der Waals surface area contributed by atoms with Gasteiger partial charge in [-0.2, -0.15) is 0 Å². The zero-order valence-corrected chi connectivity index (χ0v) is 23.5. The molecule has 0 aliphatic rings. The molecule has 0 atom stereocenters. The van der Waals surface area contributed by atoms with Crippen molar-refractivity contribution in [2.24, 2.45) is 0 Å². The number of unbranched alkanes of at least 4 members (excludes halogenated alkanes) is 10. The van der Waals surface area contributed by atoms with E-state index in [2.05, 4.69) is 80.7 Å². The van der Waals surface area contributed by atoms with Gasteiger partial charge < -0.3 is 4.74 Å². The first-order valence-corrected chi connectivity index (χ1v) is 15.0. The lowest BCUT2D eigenvalue weighted by Gasteiger charge is -2.08. The van der Waals surface area contributed by atoms with E-state index >= 15 is 0 Å². The van der Waals surface area contributed by atoms with Crippen molar-refractivity contribution in [1.29, 1.82) is 0 Å². The molecule has 0 bridgehead atoms. The van der Waals surface area contributed by atoms with E-state index in [1.165, 1.54) is 98.6 Å². The minimum absolute atomic E-state index is 0.818. The van der Waals surface area contributed by atoms with Crippen LogP contribution in [0.3, 0.4) is 0 Å². The van der Waals surface area contributed by atoms with Crippen LogP contribution in [0, 0.1) is 0 Å². The van der Waals surface area contributed by atoms with Crippen LogP contribution in [0.5, 0.6) is 5.75 Å². The summed E-state index contributed by atoms with van der Waals surface area (Å²) in [6.07, 6.45) is 21.1. The van der Waals surface area contributed by atoms with Gasteiger partial charge in [-0.15, -0.1) is 0 Å². The molecule has 0 amide bonds. The fourth-order valence-electron chi connectivity index (χ4n) is 4.81. The van der Waals surface area contributed by atoms with Gasteiger partial charge in [0.2, 0.25) is 0 Å². The fraction of sp³-hybridized carbons (Fsp3) is 0.514. The van der Waals surface area contributed by atoms with Crippen LogP contribution in [0.15, 0.2) is 66.9 Å². The summed E-state index contributed by atoms with van der Waals surface area (Å²) in [7, 11) is 0. The molecule has 0 aliphatic carbocycles. The Morgan fingerprint density at radius 3 is 1.70 bits per heavy atom. The Kier molecular flexibility index (Phi) is 13.9. The van der Waals surface area contributed by atoms with E-state index in [0.717, 1.165) is 38.0 Å². The minimum Gasteiger partial charge on any atom is -0.494 e. The van der Waals surface area contributed by atoms with Gasteiger partial charge in [0.1, 0.15) is 5.75 Å². The van der Waals surface area contributed by atoms with E-state index in [9.17, 15) is 0 Å². The first-order valence-electron chi connectivity index (χ1n) is 15.0. The Labute approximate surface area is 226 Å². The van der Waals surface area contributed by atoms with Gasteiger partial charge in [-0.1, -0.05) is 121 Å². The van der Waals surface area contributed by atoms with E-state index in [-0.39, 0.29) is 0 Å². The molecule has 2 nitrogen and oxygen atoms in total. The van der Waals surface area contributed by atoms with E-state index in [1.807, 2.05) is 0 Å². The van der Waals surface area contributed by atoms with E-state index in [1.54, 1.807) is 0 Å². The van der Waals surface area contributed by atoms with Crippen LogP contribution in [0.1, 0.15) is 108 Å². The fourth-order valence-corrected chi connectivity index (χ4v) is 4.81. The standard InChI is InChI=1S/C35H49NO/c1-3-5-7-9-10-12-14-28-37-35-26-22-33(23-27-35)32-20-16-30(17-21-32)18-24-34-25-19-31(29-36-34)15-13-11-8-6-4-2/h16-17,19-23,25-27,29H,3-15,18,24,28H2,1-2H3.